The summed E-state index contributed by atoms with van der Waals surface area (Å²) >= 11 is 0. The minimum atomic E-state index is -4.62. The van der Waals surface area contributed by atoms with Gasteiger partial charge in [-0.2, -0.15) is 13.2 Å². The molecule has 2 nitrogen and oxygen atoms in total. The highest BCUT2D eigenvalue weighted by Gasteiger charge is 2.38. The van der Waals surface area contributed by atoms with Crippen LogP contribution in [0.2, 0.25) is 0 Å². The van der Waals surface area contributed by atoms with Gasteiger partial charge in [0.25, 0.3) is 0 Å². The number of rotatable bonds is 1. The van der Waals surface area contributed by atoms with E-state index in [9.17, 15) is 17.6 Å². The topological polar surface area (TPSA) is 52.0 Å². The molecule has 0 unspecified atom stereocenters. The maximum absolute atomic E-state index is 12.6. The van der Waals surface area contributed by atoms with Crippen LogP contribution in [0.4, 0.5) is 23.2 Å². The monoisotopic (exact) mass is 208 g/mol. The third kappa shape index (κ3) is 2.14. The minimum absolute atomic E-state index is 0.170. The average molecular weight is 208 g/mol. The average Bonchev–Trinajstić information content (AvgIpc) is 2.06. The zero-order valence-corrected chi connectivity index (χ0v) is 6.98. The molecule has 0 aliphatic rings. The third-order valence-corrected chi connectivity index (χ3v) is 1.74. The molecule has 14 heavy (non-hydrogen) atoms. The van der Waals surface area contributed by atoms with Gasteiger partial charge in [0.1, 0.15) is 11.9 Å². The molecule has 0 heterocycles. The number of alkyl halides is 3. The predicted molar refractivity (Wildman–Crippen MR) is 43.8 cm³/mol. The van der Waals surface area contributed by atoms with Gasteiger partial charge in [-0.3, -0.25) is 0 Å². The van der Waals surface area contributed by atoms with Gasteiger partial charge < -0.3 is 11.5 Å². The van der Waals surface area contributed by atoms with Crippen LogP contribution in [0.3, 0.4) is 0 Å². The van der Waals surface area contributed by atoms with Crippen LogP contribution in [0.15, 0.2) is 18.2 Å². The third-order valence-electron chi connectivity index (χ3n) is 1.74. The van der Waals surface area contributed by atoms with Gasteiger partial charge in [-0.25, -0.2) is 4.39 Å². The fraction of sp³-hybridized carbons (Fsp3) is 0.250. The van der Waals surface area contributed by atoms with E-state index in [2.05, 4.69) is 0 Å². The first-order valence-electron chi connectivity index (χ1n) is 3.69. The van der Waals surface area contributed by atoms with Crippen LogP contribution in [-0.4, -0.2) is 6.18 Å². The molecule has 1 atom stereocenters. The Balaban J connectivity index is 3.12. The van der Waals surface area contributed by atoms with Gasteiger partial charge in [-0.15, -0.1) is 0 Å². The van der Waals surface area contributed by atoms with Gasteiger partial charge in [0, 0.05) is 11.3 Å². The zero-order valence-electron chi connectivity index (χ0n) is 6.98. The molecule has 0 radical (unpaired) electrons. The Morgan fingerprint density at radius 3 is 2.29 bits per heavy atom. The van der Waals surface area contributed by atoms with E-state index in [0.717, 1.165) is 12.1 Å². The predicted octanol–water partition coefficient (Wildman–Crippen LogP) is 1.97. The lowest BCUT2D eigenvalue weighted by Gasteiger charge is -2.17. The first kappa shape index (κ1) is 10.8. The smallest absolute Gasteiger partial charge is 0.398 e. The van der Waals surface area contributed by atoms with Crippen molar-refractivity contribution in [3.63, 3.8) is 0 Å². The number of benzene rings is 1. The molecule has 0 aromatic heterocycles. The molecule has 1 rings (SSSR count). The lowest BCUT2D eigenvalue weighted by molar-refractivity contribution is -0.149. The van der Waals surface area contributed by atoms with Crippen LogP contribution in [0.1, 0.15) is 11.6 Å². The van der Waals surface area contributed by atoms with E-state index < -0.39 is 23.6 Å². The number of nitrogen functional groups attached to an aromatic ring is 1. The van der Waals surface area contributed by atoms with Crippen molar-refractivity contribution in [2.45, 2.75) is 12.2 Å². The molecule has 4 N–H and O–H groups in total. The van der Waals surface area contributed by atoms with Gasteiger partial charge in [0.2, 0.25) is 0 Å². The molecule has 0 saturated carbocycles. The quantitative estimate of drug-likeness (QED) is 0.547. The van der Waals surface area contributed by atoms with Crippen molar-refractivity contribution >= 4 is 5.69 Å². The maximum atomic E-state index is 12.6. The SMILES string of the molecule is Nc1ccc(F)cc1[C@@H](N)C(F)(F)F. The second-order valence-corrected chi connectivity index (χ2v) is 2.79. The van der Waals surface area contributed by atoms with Crippen LogP contribution in [0.5, 0.6) is 0 Å². The largest absolute Gasteiger partial charge is 0.407 e. The molecule has 0 aliphatic carbocycles. The van der Waals surface area contributed by atoms with Crippen molar-refractivity contribution in [3.8, 4) is 0 Å². The van der Waals surface area contributed by atoms with E-state index in [1.165, 1.54) is 0 Å². The van der Waals surface area contributed by atoms with Crippen molar-refractivity contribution < 1.29 is 17.6 Å². The second kappa shape index (κ2) is 3.45. The van der Waals surface area contributed by atoms with Crippen LogP contribution in [0, 0.1) is 5.82 Å². The molecule has 1 aromatic carbocycles. The van der Waals surface area contributed by atoms with E-state index in [0.29, 0.717) is 6.07 Å². The van der Waals surface area contributed by atoms with Crippen LogP contribution in [-0.2, 0) is 0 Å². The van der Waals surface area contributed by atoms with Gasteiger partial charge >= 0.3 is 6.18 Å². The minimum Gasteiger partial charge on any atom is -0.398 e. The van der Waals surface area contributed by atoms with E-state index >= 15 is 0 Å². The fourth-order valence-corrected chi connectivity index (χ4v) is 0.991. The Hall–Kier alpha value is -1.30. The van der Waals surface area contributed by atoms with Crippen molar-refractivity contribution in [2.75, 3.05) is 5.73 Å². The van der Waals surface area contributed by atoms with Gasteiger partial charge in [0.05, 0.1) is 0 Å². The van der Waals surface area contributed by atoms with E-state index in [4.69, 9.17) is 11.5 Å². The molecule has 6 heteroatoms. The Labute approximate surface area is 77.5 Å². The summed E-state index contributed by atoms with van der Waals surface area (Å²) in [6.45, 7) is 0. The van der Waals surface area contributed by atoms with Crippen LogP contribution >= 0.6 is 0 Å². The summed E-state index contributed by atoms with van der Waals surface area (Å²) in [5.41, 5.74) is 9.49. The highest BCUT2D eigenvalue weighted by molar-refractivity contribution is 5.48. The summed E-state index contributed by atoms with van der Waals surface area (Å²) in [4.78, 5) is 0. The number of hydrogen-bond donors (Lipinski definition) is 2. The Kier molecular flexibility index (Phi) is 2.66. The molecule has 0 bridgehead atoms. The molecular weight excluding hydrogens is 200 g/mol. The molecule has 78 valence electrons. The summed E-state index contributed by atoms with van der Waals surface area (Å²) in [6.07, 6.45) is -4.62. The molecule has 0 amide bonds. The lowest BCUT2D eigenvalue weighted by Crippen LogP contribution is -2.29. The molecule has 1 aromatic rings. The standard InChI is InChI=1S/C8H8F4N2/c9-4-1-2-6(13)5(3-4)7(14)8(10,11)12/h1-3,7H,13-14H2/t7-/m1/s1. The summed E-state index contributed by atoms with van der Waals surface area (Å²) in [6, 6.07) is 0.462. The van der Waals surface area contributed by atoms with Crippen molar-refractivity contribution in [2.24, 2.45) is 5.73 Å². The normalized spacial score (nSPS) is 14.1. The summed E-state index contributed by atoms with van der Waals surface area (Å²) in [5, 5.41) is 0. The van der Waals surface area contributed by atoms with Crippen LogP contribution < -0.4 is 11.5 Å². The number of anilines is 1. The van der Waals surface area contributed by atoms with E-state index in [1.54, 1.807) is 0 Å². The van der Waals surface area contributed by atoms with E-state index in [1.807, 2.05) is 0 Å². The van der Waals surface area contributed by atoms with Gasteiger partial charge in [0.15, 0.2) is 0 Å². The Morgan fingerprint density at radius 2 is 1.79 bits per heavy atom. The van der Waals surface area contributed by atoms with Gasteiger partial charge in [-0.05, 0) is 18.2 Å². The zero-order chi connectivity index (χ0) is 10.9. The number of halogens is 4. The lowest BCUT2D eigenvalue weighted by atomic mass is 10.1. The number of nitrogens with two attached hydrogens (primary N) is 2. The maximum Gasteiger partial charge on any atom is 0.407 e. The number of hydrogen-bond acceptors (Lipinski definition) is 2. The first-order valence-corrected chi connectivity index (χ1v) is 3.69. The van der Waals surface area contributed by atoms with Gasteiger partial charge in [-0.1, -0.05) is 0 Å². The van der Waals surface area contributed by atoms with Crippen molar-refractivity contribution in [3.05, 3.63) is 29.6 Å². The first-order chi connectivity index (χ1) is 6.32. The highest BCUT2D eigenvalue weighted by atomic mass is 19.4. The summed E-state index contributed by atoms with van der Waals surface area (Å²) < 4.78 is 49.0. The van der Waals surface area contributed by atoms with Crippen molar-refractivity contribution in [1.82, 2.24) is 0 Å². The molecule has 0 fully saturated rings. The second-order valence-electron chi connectivity index (χ2n) is 2.79. The van der Waals surface area contributed by atoms with Crippen LogP contribution in [0.25, 0.3) is 0 Å². The summed E-state index contributed by atoms with van der Waals surface area (Å²) in [7, 11) is 0. The molecular formula is C8H8F4N2. The molecule has 0 aliphatic heterocycles. The van der Waals surface area contributed by atoms with E-state index in [-0.39, 0.29) is 5.69 Å². The highest BCUT2D eigenvalue weighted by Crippen LogP contribution is 2.33. The summed E-state index contributed by atoms with van der Waals surface area (Å²) in [5.74, 6) is -0.797. The Morgan fingerprint density at radius 1 is 1.21 bits per heavy atom. The molecule has 0 saturated heterocycles. The fourth-order valence-electron chi connectivity index (χ4n) is 0.991. The van der Waals surface area contributed by atoms with Crippen molar-refractivity contribution in [1.29, 1.82) is 0 Å². The molecule has 0 spiro atoms. The Bertz CT molecular complexity index is 335.